The Kier molecular flexibility index (Phi) is 4.43. The molecular weight excluding hydrogens is 397 g/mol. The van der Waals surface area contributed by atoms with Crippen LogP contribution in [0.25, 0.3) is 0 Å². The summed E-state index contributed by atoms with van der Waals surface area (Å²) in [5, 5.41) is 12.2. The molecule has 1 amide bonds. The third kappa shape index (κ3) is 2.71. The first-order valence-corrected chi connectivity index (χ1v) is 7.44. The van der Waals surface area contributed by atoms with Gasteiger partial charge in [0, 0.05) is 3.57 Å². The Labute approximate surface area is 134 Å². The van der Waals surface area contributed by atoms with E-state index in [1.807, 2.05) is 22.6 Å². The summed E-state index contributed by atoms with van der Waals surface area (Å²) in [6.07, 6.45) is 1.67. The second kappa shape index (κ2) is 5.77. The molecule has 20 heavy (non-hydrogen) atoms. The van der Waals surface area contributed by atoms with Crippen molar-refractivity contribution in [2.45, 2.75) is 24.8 Å². The molecule has 0 bridgehead atoms. The minimum atomic E-state index is -1.16. The number of rotatable bonds is 4. The maximum atomic E-state index is 12.3. The van der Waals surface area contributed by atoms with Gasteiger partial charge in [-0.15, -0.1) is 0 Å². The molecule has 2 rings (SSSR count). The minimum absolute atomic E-state index is 0.241. The fourth-order valence-electron chi connectivity index (χ4n) is 2.08. The standard InChI is InChI=1S/C13H13ClINO4/c1-20-10-6-9(15)8(14)5-7(10)11(17)16-13(12(18)19)3-2-4-13/h5-6H,2-4H2,1H3,(H,16,17)(H,18,19). The van der Waals surface area contributed by atoms with E-state index in [4.69, 9.17) is 16.3 Å². The van der Waals surface area contributed by atoms with Gasteiger partial charge in [0.15, 0.2) is 0 Å². The van der Waals surface area contributed by atoms with E-state index in [9.17, 15) is 14.7 Å². The van der Waals surface area contributed by atoms with Crippen LogP contribution in [0, 0.1) is 3.57 Å². The number of benzene rings is 1. The predicted molar refractivity (Wildman–Crippen MR) is 82.4 cm³/mol. The molecule has 0 heterocycles. The van der Waals surface area contributed by atoms with E-state index < -0.39 is 17.4 Å². The molecule has 1 saturated carbocycles. The molecule has 0 atom stereocenters. The van der Waals surface area contributed by atoms with Crippen molar-refractivity contribution in [3.05, 3.63) is 26.3 Å². The topological polar surface area (TPSA) is 75.6 Å². The molecule has 2 N–H and O–H groups in total. The van der Waals surface area contributed by atoms with E-state index in [1.54, 1.807) is 6.07 Å². The Morgan fingerprint density at radius 2 is 2.10 bits per heavy atom. The Morgan fingerprint density at radius 3 is 2.55 bits per heavy atom. The lowest BCUT2D eigenvalue weighted by molar-refractivity contribution is -0.148. The second-order valence-electron chi connectivity index (χ2n) is 4.66. The first-order chi connectivity index (χ1) is 9.39. The molecule has 1 aromatic carbocycles. The average molecular weight is 410 g/mol. The van der Waals surface area contributed by atoms with Gasteiger partial charge in [-0.3, -0.25) is 4.79 Å². The number of carbonyl (C=O) groups excluding carboxylic acids is 1. The van der Waals surface area contributed by atoms with Crippen molar-refractivity contribution in [2.24, 2.45) is 0 Å². The Morgan fingerprint density at radius 1 is 1.45 bits per heavy atom. The third-order valence-electron chi connectivity index (χ3n) is 3.46. The molecule has 0 aliphatic heterocycles. The van der Waals surface area contributed by atoms with Crippen LogP contribution in [-0.4, -0.2) is 29.6 Å². The van der Waals surface area contributed by atoms with Crippen molar-refractivity contribution in [3.63, 3.8) is 0 Å². The monoisotopic (exact) mass is 409 g/mol. The van der Waals surface area contributed by atoms with Crippen molar-refractivity contribution >= 4 is 46.1 Å². The van der Waals surface area contributed by atoms with Crippen LogP contribution in [-0.2, 0) is 4.79 Å². The zero-order valence-electron chi connectivity index (χ0n) is 10.7. The van der Waals surface area contributed by atoms with E-state index >= 15 is 0 Å². The molecule has 1 aliphatic carbocycles. The smallest absolute Gasteiger partial charge is 0.329 e. The minimum Gasteiger partial charge on any atom is -0.496 e. The SMILES string of the molecule is COc1cc(I)c(Cl)cc1C(=O)NC1(C(=O)O)CCC1. The number of halogens is 2. The second-order valence-corrected chi connectivity index (χ2v) is 6.23. The molecule has 7 heteroatoms. The number of carboxylic acid groups (broad SMARTS) is 1. The highest BCUT2D eigenvalue weighted by molar-refractivity contribution is 14.1. The van der Waals surface area contributed by atoms with Crippen LogP contribution in [0.4, 0.5) is 0 Å². The van der Waals surface area contributed by atoms with Crippen molar-refractivity contribution in [3.8, 4) is 5.75 Å². The molecule has 108 valence electrons. The lowest BCUT2D eigenvalue weighted by Crippen LogP contribution is -2.59. The maximum absolute atomic E-state index is 12.3. The van der Waals surface area contributed by atoms with Crippen LogP contribution in [0.15, 0.2) is 12.1 Å². The van der Waals surface area contributed by atoms with Crippen LogP contribution in [0.5, 0.6) is 5.75 Å². The van der Waals surface area contributed by atoms with Gasteiger partial charge in [-0.2, -0.15) is 0 Å². The Balaban J connectivity index is 2.29. The molecule has 1 fully saturated rings. The fraction of sp³-hybridized carbons (Fsp3) is 0.385. The molecule has 0 spiro atoms. The summed E-state index contributed by atoms with van der Waals surface area (Å²) < 4.78 is 5.92. The van der Waals surface area contributed by atoms with E-state index in [2.05, 4.69) is 5.32 Å². The van der Waals surface area contributed by atoms with Crippen molar-refractivity contribution in [2.75, 3.05) is 7.11 Å². The van der Waals surface area contributed by atoms with E-state index in [-0.39, 0.29) is 5.56 Å². The molecule has 0 radical (unpaired) electrons. The quantitative estimate of drug-likeness (QED) is 0.750. The van der Waals surface area contributed by atoms with E-state index in [1.165, 1.54) is 13.2 Å². The number of nitrogens with one attached hydrogen (secondary N) is 1. The Hall–Kier alpha value is -1.02. The fourth-order valence-corrected chi connectivity index (χ4v) is 2.68. The third-order valence-corrected chi connectivity index (χ3v) is 4.98. The summed E-state index contributed by atoms with van der Waals surface area (Å²) in [5.41, 5.74) is -0.914. The van der Waals surface area contributed by atoms with Crippen LogP contribution in [0.2, 0.25) is 5.02 Å². The van der Waals surface area contributed by atoms with Gasteiger partial charge in [-0.05, 0) is 54.0 Å². The van der Waals surface area contributed by atoms with Gasteiger partial charge >= 0.3 is 5.97 Å². The number of hydrogen-bond donors (Lipinski definition) is 2. The summed E-state index contributed by atoms with van der Waals surface area (Å²) in [4.78, 5) is 23.6. The molecule has 5 nitrogen and oxygen atoms in total. The highest BCUT2D eigenvalue weighted by Crippen LogP contribution is 2.34. The van der Waals surface area contributed by atoms with E-state index in [0.717, 1.165) is 9.99 Å². The molecular formula is C13H13ClINO4. The average Bonchev–Trinajstić information content (AvgIpc) is 2.35. The van der Waals surface area contributed by atoms with Crippen LogP contribution >= 0.6 is 34.2 Å². The number of carboxylic acids is 1. The first-order valence-electron chi connectivity index (χ1n) is 5.98. The summed E-state index contributed by atoms with van der Waals surface area (Å²) in [6, 6.07) is 3.14. The van der Waals surface area contributed by atoms with Gasteiger partial charge in [0.2, 0.25) is 0 Å². The maximum Gasteiger partial charge on any atom is 0.329 e. The zero-order chi connectivity index (χ0) is 14.9. The summed E-state index contributed by atoms with van der Waals surface area (Å²) >= 11 is 8.04. The summed E-state index contributed by atoms with van der Waals surface area (Å²) in [5.74, 6) is -1.12. The van der Waals surface area contributed by atoms with Crippen molar-refractivity contribution < 1.29 is 19.4 Å². The number of amides is 1. The number of methoxy groups -OCH3 is 1. The highest BCUT2D eigenvalue weighted by atomic mass is 127. The predicted octanol–water partition coefficient (Wildman–Crippen LogP) is 2.69. The number of carbonyl (C=O) groups is 2. The highest BCUT2D eigenvalue weighted by Gasteiger charge is 2.46. The zero-order valence-corrected chi connectivity index (χ0v) is 13.6. The van der Waals surface area contributed by atoms with Gasteiger partial charge in [0.1, 0.15) is 11.3 Å². The number of hydrogen-bond acceptors (Lipinski definition) is 3. The largest absolute Gasteiger partial charge is 0.496 e. The van der Waals surface area contributed by atoms with Crippen LogP contribution in [0.1, 0.15) is 29.6 Å². The molecule has 0 unspecified atom stereocenters. The van der Waals surface area contributed by atoms with Gasteiger partial charge < -0.3 is 15.2 Å². The molecule has 1 aliphatic rings. The van der Waals surface area contributed by atoms with Gasteiger partial charge in [0.25, 0.3) is 5.91 Å². The van der Waals surface area contributed by atoms with Crippen LogP contribution < -0.4 is 10.1 Å². The number of ether oxygens (including phenoxy) is 1. The lowest BCUT2D eigenvalue weighted by Gasteiger charge is -2.38. The molecule has 0 aromatic heterocycles. The van der Waals surface area contributed by atoms with Crippen LogP contribution in [0.3, 0.4) is 0 Å². The first kappa shape index (κ1) is 15.4. The molecule has 1 aromatic rings. The summed E-state index contributed by atoms with van der Waals surface area (Å²) in [7, 11) is 1.45. The van der Waals surface area contributed by atoms with Gasteiger partial charge in [0.05, 0.1) is 17.7 Å². The van der Waals surface area contributed by atoms with Crippen molar-refractivity contribution in [1.29, 1.82) is 0 Å². The van der Waals surface area contributed by atoms with E-state index in [0.29, 0.717) is 23.6 Å². The number of aliphatic carboxylic acids is 1. The molecule has 0 saturated heterocycles. The van der Waals surface area contributed by atoms with Crippen molar-refractivity contribution in [1.82, 2.24) is 5.32 Å². The Bertz CT molecular complexity index is 572. The summed E-state index contributed by atoms with van der Waals surface area (Å²) in [6.45, 7) is 0. The van der Waals surface area contributed by atoms with Gasteiger partial charge in [-0.1, -0.05) is 11.6 Å². The normalized spacial score (nSPS) is 16.1. The van der Waals surface area contributed by atoms with Gasteiger partial charge in [-0.25, -0.2) is 4.79 Å². The lowest BCUT2D eigenvalue weighted by atomic mass is 9.76.